The summed E-state index contributed by atoms with van der Waals surface area (Å²) in [6.07, 6.45) is 0. The standard InChI is InChI=1S/C27H28N2O3/c1-20-10-9-11-21(2)24(20)29(26(30)23-14-7-4-8-15-23)27(31)25(22-12-5-3-6-13-22)28-16-18-32-19-17-28/h3-15,25H,16-19H2,1-2H3/p+1/t25-/m0/s1. The number of amides is 2. The van der Waals surface area contributed by atoms with Crippen LogP contribution in [-0.4, -0.2) is 38.1 Å². The first-order valence-corrected chi connectivity index (χ1v) is 11.0. The number of anilines is 1. The number of nitrogens with zero attached hydrogens (tertiary/aromatic N) is 1. The molecule has 0 spiro atoms. The van der Waals surface area contributed by atoms with Crippen molar-refractivity contribution in [2.45, 2.75) is 19.9 Å². The number of rotatable bonds is 5. The third-order valence-electron chi connectivity index (χ3n) is 6.03. The number of aryl methyl sites for hydroxylation is 2. The number of benzene rings is 3. The first kappa shape index (κ1) is 21.9. The van der Waals surface area contributed by atoms with E-state index in [9.17, 15) is 9.59 Å². The summed E-state index contributed by atoms with van der Waals surface area (Å²) in [4.78, 5) is 30.6. The van der Waals surface area contributed by atoms with E-state index in [-0.39, 0.29) is 11.8 Å². The largest absolute Gasteiger partial charge is 0.370 e. The van der Waals surface area contributed by atoms with Gasteiger partial charge in [-0.3, -0.25) is 9.59 Å². The molecule has 0 aromatic heterocycles. The molecule has 5 heteroatoms. The smallest absolute Gasteiger partial charge is 0.297 e. The monoisotopic (exact) mass is 429 g/mol. The molecule has 1 heterocycles. The summed E-state index contributed by atoms with van der Waals surface area (Å²) in [6, 6.07) is 24.1. The second-order valence-electron chi connectivity index (χ2n) is 8.20. The number of hydrogen-bond acceptors (Lipinski definition) is 3. The molecule has 0 unspecified atom stereocenters. The van der Waals surface area contributed by atoms with Crippen molar-refractivity contribution in [2.75, 3.05) is 31.2 Å². The molecule has 32 heavy (non-hydrogen) atoms. The SMILES string of the molecule is Cc1cccc(C)c1N(C(=O)c1ccccc1)C(=O)[C@H](c1ccccc1)[NH+]1CCOCC1. The number of carbonyl (C=O) groups excluding carboxylic acids is 2. The first-order valence-electron chi connectivity index (χ1n) is 11.0. The van der Waals surface area contributed by atoms with Crippen LogP contribution in [0.3, 0.4) is 0 Å². The predicted molar refractivity (Wildman–Crippen MR) is 125 cm³/mol. The summed E-state index contributed by atoms with van der Waals surface area (Å²) >= 11 is 0. The molecule has 3 aromatic carbocycles. The van der Waals surface area contributed by atoms with Gasteiger partial charge in [0.05, 0.1) is 18.9 Å². The number of morpholine rings is 1. The van der Waals surface area contributed by atoms with E-state index in [0.717, 1.165) is 21.6 Å². The molecule has 0 aliphatic carbocycles. The summed E-state index contributed by atoms with van der Waals surface area (Å²) in [7, 11) is 0. The van der Waals surface area contributed by atoms with Crippen molar-refractivity contribution in [3.05, 3.63) is 101 Å². The maximum absolute atomic E-state index is 14.3. The zero-order valence-corrected chi connectivity index (χ0v) is 18.6. The molecular weight excluding hydrogens is 400 g/mol. The Bertz CT molecular complexity index is 1060. The first-order chi connectivity index (χ1) is 15.6. The highest BCUT2D eigenvalue weighted by molar-refractivity contribution is 6.22. The van der Waals surface area contributed by atoms with Gasteiger partial charge in [0.2, 0.25) is 0 Å². The Morgan fingerprint density at radius 2 is 1.38 bits per heavy atom. The molecule has 1 N–H and O–H groups in total. The Morgan fingerprint density at radius 1 is 0.812 bits per heavy atom. The molecule has 1 aliphatic heterocycles. The molecule has 1 fully saturated rings. The molecule has 4 rings (SSSR count). The van der Waals surface area contributed by atoms with Gasteiger partial charge >= 0.3 is 0 Å². The highest BCUT2D eigenvalue weighted by atomic mass is 16.5. The van der Waals surface area contributed by atoms with Crippen molar-refractivity contribution in [1.82, 2.24) is 0 Å². The lowest BCUT2D eigenvalue weighted by atomic mass is 10.00. The van der Waals surface area contributed by atoms with Gasteiger partial charge in [0.25, 0.3) is 11.8 Å². The van der Waals surface area contributed by atoms with Gasteiger partial charge in [-0.05, 0) is 37.1 Å². The Kier molecular flexibility index (Phi) is 6.78. The molecule has 2 amide bonds. The average molecular weight is 430 g/mol. The Morgan fingerprint density at radius 3 is 1.97 bits per heavy atom. The third kappa shape index (κ3) is 4.49. The van der Waals surface area contributed by atoms with Crippen molar-refractivity contribution in [2.24, 2.45) is 0 Å². The molecule has 1 saturated heterocycles. The van der Waals surface area contributed by atoms with E-state index in [1.165, 1.54) is 4.90 Å². The van der Waals surface area contributed by atoms with Gasteiger partial charge in [-0.15, -0.1) is 0 Å². The van der Waals surface area contributed by atoms with Crippen LogP contribution in [0.1, 0.15) is 33.1 Å². The molecule has 5 nitrogen and oxygen atoms in total. The van der Waals surface area contributed by atoms with Crippen molar-refractivity contribution in [3.8, 4) is 0 Å². The van der Waals surface area contributed by atoms with Gasteiger partial charge in [0, 0.05) is 11.1 Å². The fourth-order valence-electron chi connectivity index (χ4n) is 4.43. The topological polar surface area (TPSA) is 51.0 Å². The highest BCUT2D eigenvalue weighted by Gasteiger charge is 2.40. The van der Waals surface area contributed by atoms with Crippen LogP contribution in [0.5, 0.6) is 0 Å². The van der Waals surface area contributed by atoms with Crippen LogP contribution in [0, 0.1) is 13.8 Å². The molecule has 0 radical (unpaired) electrons. The minimum absolute atomic E-state index is 0.209. The molecule has 1 atom stereocenters. The summed E-state index contributed by atoms with van der Waals surface area (Å²) in [5, 5.41) is 0. The van der Waals surface area contributed by atoms with Gasteiger partial charge in [-0.25, -0.2) is 4.90 Å². The van der Waals surface area contributed by atoms with Crippen molar-refractivity contribution < 1.29 is 19.2 Å². The van der Waals surface area contributed by atoms with Crippen LogP contribution >= 0.6 is 0 Å². The lowest BCUT2D eigenvalue weighted by Crippen LogP contribution is -3.15. The summed E-state index contributed by atoms with van der Waals surface area (Å²) in [5.74, 6) is -0.513. The quantitative estimate of drug-likeness (QED) is 0.678. The van der Waals surface area contributed by atoms with E-state index in [0.29, 0.717) is 37.6 Å². The highest BCUT2D eigenvalue weighted by Crippen LogP contribution is 2.29. The minimum Gasteiger partial charge on any atom is -0.370 e. The van der Waals surface area contributed by atoms with Gasteiger partial charge < -0.3 is 9.64 Å². The van der Waals surface area contributed by atoms with E-state index in [1.807, 2.05) is 80.6 Å². The van der Waals surface area contributed by atoms with Crippen LogP contribution in [0.25, 0.3) is 0 Å². The molecule has 0 bridgehead atoms. The van der Waals surface area contributed by atoms with Crippen molar-refractivity contribution in [3.63, 3.8) is 0 Å². The van der Waals surface area contributed by atoms with Crippen LogP contribution < -0.4 is 9.80 Å². The zero-order chi connectivity index (χ0) is 22.5. The number of para-hydroxylation sites is 1. The summed E-state index contributed by atoms with van der Waals surface area (Å²) in [6.45, 7) is 6.51. The second kappa shape index (κ2) is 9.90. The average Bonchev–Trinajstić information content (AvgIpc) is 2.83. The van der Waals surface area contributed by atoms with E-state index >= 15 is 0 Å². The number of quaternary nitrogens is 1. The second-order valence-corrected chi connectivity index (χ2v) is 8.20. The number of imide groups is 1. The number of carbonyl (C=O) groups is 2. The van der Waals surface area contributed by atoms with E-state index in [4.69, 9.17) is 4.74 Å². The Hall–Kier alpha value is -3.28. The maximum atomic E-state index is 14.3. The third-order valence-corrected chi connectivity index (χ3v) is 6.03. The van der Waals surface area contributed by atoms with Gasteiger partial charge in [0.15, 0.2) is 6.04 Å². The minimum atomic E-state index is -0.494. The molecule has 1 aliphatic rings. The van der Waals surface area contributed by atoms with Crippen LogP contribution in [0.15, 0.2) is 78.9 Å². The predicted octanol–water partition coefficient (Wildman–Crippen LogP) is 3.13. The van der Waals surface area contributed by atoms with Crippen LogP contribution in [0.2, 0.25) is 0 Å². The summed E-state index contributed by atoms with van der Waals surface area (Å²) in [5.41, 5.74) is 3.86. The van der Waals surface area contributed by atoms with Crippen LogP contribution in [0.4, 0.5) is 5.69 Å². The Balaban J connectivity index is 1.84. The van der Waals surface area contributed by atoms with Gasteiger partial charge in [0.1, 0.15) is 13.1 Å². The van der Waals surface area contributed by atoms with E-state index in [2.05, 4.69) is 0 Å². The molecular formula is C27H29N2O3+. The molecule has 3 aromatic rings. The van der Waals surface area contributed by atoms with E-state index < -0.39 is 6.04 Å². The maximum Gasteiger partial charge on any atom is 0.297 e. The van der Waals surface area contributed by atoms with Crippen molar-refractivity contribution in [1.29, 1.82) is 0 Å². The fraction of sp³-hybridized carbons (Fsp3) is 0.259. The normalized spacial score (nSPS) is 15.2. The fourth-order valence-corrected chi connectivity index (χ4v) is 4.43. The Labute approximate surface area is 189 Å². The lowest BCUT2D eigenvalue weighted by Gasteiger charge is -2.34. The van der Waals surface area contributed by atoms with Gasteiger partial charge in [-0.2, -0.15) is 0 Å². The zero-order valence-electron chi connectivity index (χ0n) is 18.6. The van der Waals surface area contributed by atoms with E-state index in [1.54, 1.807) is 12.1 Å². The van der Waals surface area contributed by atoms with Gasteiger partial charge in [-0.1, -0.05) is 66.7 Å². The molecule has 0 saturated carbocycles. The summed E-state index contributed by atoms with van der Waals surface area (Å²) < 4.78 is 5.55. The number of ether oxygens (including phenoxy) is 1. The van der Waals surface area contributed by atoms with Crippen molar-refractivity contribution >= 4 is 17.5 Å². The lowest BCUT2D eigenvalue weighted by molar-refractivity contribution is -0.929. The molecule has 164 valence electrons. The van der Waals surface area contributed by atoms with Crippen LogP contribution in [-0.2, 0) is 9.53 Å². The number of hydrogen-bond donors (Lipinski definition) is 1. The number of nitrogens with one attached hydrogen (secondary N) is 1.